The highest BCUT2D eigenvalue weighted by atomic mass is 35.5. The van der Waals surface area contributed by atoms with Gasteiger partial charge in [0.25, 0.3) is 0 Å². The first-order chi connectivity index (χ1) is 6.77. The van der Waals surface area contributed by atoms with Crippen molar-refractivity contribution in [3.8, 4) is 0 Å². The summed E-state index contributed by atoms with van der Waals surface area (Å²) >= 11 is 0. The molecule has 0 aliphatic heterocycles. The molecule has 1 unspecified atom stereocenters. The van der Waals surface area contributed by atoms with Gasteiger partial charge in [0.2, 0.25) is 0 Å². The molecule has 5 heteroatoms. The van der Waals surface area contributed by atoms with Crippen molar-refractivity contribution in [1.82, 2.24) is 0 Å². The smallest absolute Gasteiger partial charge is 0.306 e. The van der Waals surface area contributed by atoms with E-state index in [1.54, 1.807) is 0 Å². The maximum absolute atomic E-state index is 11.1. The lowest BCUT2D eigenvalue weighted by Gasteiger charge is -2.14. The number of hydrogen-bond acceptors (Lipinski definition) is 4. The maximum atomic E-state index is 11.1. The van der Waals surface area contributed by atoms with Gasteiger partial charge in [-0.25, -0.2) is 0 Å². The molecule has 0 spiro atoms. The number of ether oxygens (including phenoxy) is 1. The maximum Gasteiger partial charge on any atom is 0.306 e. The third kappa shape index (κ3) is 4.18. The molecule has 0 radical (unpaired) electrons. The Labute approximate surface area is 94.8 Å². The van der Waals surface area contributed by atoms with Gasteiger partial charge in [0.15, 0.2) is 0 Å². The third-order valence-electron chi connectivity index (χ3n) is 1.99. The molecule has 0 aromatic heterocycles. The van der Waals surface area contributed by atoms with Crippen molar-refractivity contribution in [2.45, 2.75) is 6.42 Å². The van der Waals surface area contributed by atoms with Crippen molar-refractivity contribution >= 4 is 18.4 Å². The van der Waals surface area contributed by atoms with Gasteiger partial charge >= 0.3 is 5.97 Å². The van der Waals surface area contributed by atoms with E-state index >= 15 is 0 Å². The second kappa shape index (κ2) is 7.09. The number of methoxy groups -OCH3 is 1. The van der Waals surface area contributed by atoms with Crippen LogP contribution in [0.2, 0.25) is 0 Å². The van der Waals surface area contributed by atoms with E-state index in [0.29, 0.717) is 6.42 Å². The molecule has 1 aliphatic carbocycles. The van der Waals surface area contributed by atoms with E-state index in [9.17, 15) is 4.79 Å². The van der Waals surface area contributed by atoms with Crippen LogP contribution < -0.4 is 5.90 Å². The number of esters is 1. The molecule has 4 nitrogen and oxygen atoms in total. The molecule has 0 heterocycles. The standard InChI is InChI=1S/C10H13NO3.ClH/c1-13-10(12)6-8-4-2-3-5-9(8)7-14-11;/h2-5,7-8H,6,11H2,1H3;1H/b9-7+;. The lowest BCUT2D eigenvalue weighted by Crippen LogP contribution is -2.11. The summed E-state index contributed by atoms with van der Waals surface area (Å²) in [6.45, 7) is 0. The van der Waals surface area contributed by atoms with Gasteiger partial charge in [-0.1, -0.05) is 24.3 Å². The van der Waals surface area contributed by atoms with Crippen LogP contribution in [0.1, 0.15) is 6.42 Å². The molecule has 15 heavy (non-hydrogen) atoms. The predicted octanol–water partition coefficient (Wildman–Crippen LogP) is 1.49. The Morgan fingerprint density at radius 3 is 2.93 bits per heavy atom. The lowest BCUT2D eigenvalue weighted by atomic mass is 9.92. The van der Waals surface area contributed by atoms with E-state index in [-0.39, 0.29) is 24.3 Å². The van der Waals surface area contributed by atoms with Crippen LogP contribution in [0.25, 0.3) is 0 Å². The van der Waals surface area contributed by atoms with Gasteiger partial charge in [0.1, 0.15) is 6.26 Å². The SMILES string of the molecule is COC(=O)CC1C=CC=C/C1=C\ON.Cl. The highest BCUT2D eigenvalue weighted by Crippen LogP contribution is 2.22. The van der Waals surface area contributed by atoms with Gasteiger partial charge in [0, 0.05) is 5.92 Å². The Hall–Kier alpha value is -1.26. The fraction of sp³-hybridized carbons (Fsp3) is 0.300. The average Bonchev–Trinajstić information content (AvgIpc) is 2.21. The highest BCUT2D eigenvalue weighted by molar-refractivity contribution is 5.85. The Balaban J connectivity index is 0.00000196. The van der Waals surface area contributed by atoms with Crippen LogP contribution in [0.5, 0.6) is 0 Å². The Morgan fingerprint density at radius 2 is 2.33 bits per heavy atom. The first-order valence-corrected chi connectivity index (χ1v) is 4.25. The zero-order chi connectivity index (χ0) is 10.4. The monoisotopic (exact) mass is 231 g/mol. The van der Waals surface area contributed by atoms with Crippen LogP contribution in [0.15, 0.2) is 36.1 Å². The molecule has 84 valence electrons. The molecule has 0 aromatic carbocycles. The van der Waals surface area contributed by atoms with Crippen LogP contribution in [0, 0.1) is 5.92 Å². The molecule has 1 rings (SSSR count). The second-order valence-corrected chi connectivity index (χ2v) is 2.88. The normalized spacial score (nSPS) is 20.9. The fourth-order valence-corrected chi connectivity index (χ4v) is 1.25. The van der Waals surface area contributed by atoms with Crippen molar-refractivity contribution in [1.29, 1.82) is 0 Å². The van der Waals surface area contributed by atoms with E-state index in [4.69, 9.17) is 5.90 Å². The zero-order valence-corrected chi connectivity index (χ0v) is 9.20. The minimum atomic E-state index is -0.252. The van der Waals surface area contributed by atoms with Crippen LogP contribution in [0.4, 0.5) is 0 Å². The number of hydrogen-bond donors (Lipinski definition) is 1. The fourth-order valence-electron chi connectivity index (χ4n) is 1.25. The molecule has 0 aromatic rings. The topological polar surface area (TPSA) is 61.5 Å². The summed E-state index contributed by atoms with van der Waals surface area (Å²) in [6.07, 6.45) is 9.21. The molecule has 0 fully saturated rings. The predicted molar refractivity (Wildman–Crippen MR) is 59.0 cm³/mol. The summed E-state index contributed by atoms with van der Waals surface area (Å²) in [7, 11) is 1.37. The quantitative estimate of drug-likeness (QED) is 0.454. The van der Waals surface area contributed by atoms with Gasteiger partial charge in [-0.15, -0.1) is 12.4 Å². The summed E-state index contributed by atoms with van der Waals surface area (Å²) in [4.78, 5) is 15.5. The molecular formula is C10H14ClNO3. The third-order valence-corrected chi connectivity index (χ3v) is 1.99. The van der Waals surface area contributed by atoms with Crippen LogP contribution >= 0.6 is 12.4 Å². The minimum absolute atomic E-state index is 0. The van der Waals surface area contributed by atoms with Crippen molar-refractivity contribution in [2.75, 3.05) is 7.11 Å². The number of nitrogens with two attached hydrogens (primary N) is 1. The highest BCUT2D eigenvalue weighted by Gasteiger charge is 2.16. The molecule has 0 amide bonds. The van der Waals surface area contributed by atoms with Gasteiger partial charge < -0.3 is 9.57 Å². The van der Waals surface area contributed by atoms with E-state index < -0.39 is 0 Å². The summed E-state index contributed by atoms with van der Waals surface area (Å²) in [5, 5.41) is 0. The van der Waals surface area contributed by atoms with Crippen molar-refractivity contribution in [3.63, 3.8) is 0 Å². The second-order valence-electron chi connectivity index (χ2n) is 2.88. The molecule has 0 saturated heterocycles. The first kappa shape index (κ1) is 13.7. The van der Waals surface area contributed by atoms with Gasteiger partial charge in [-0.2, -0.15) is 5.90 Å². The number of carbonyl (C=O) groups excluding carboxylic acids is 1. The Kier molecular flexibility index (Phi) is 6.49. The molecule has 1 atom stereocenters. The van der Waals surface area contributed by atoms with Gasteiger partial charge in [-0.3, -0.25) is 4.79 Å². The van der Waals surface area contributed by atoms with Crippen molar-refractivity contribution in [2.24, 2.45) is 11.8 Å². The largest absolute Gasteiger partial charge is 0.469 e. The number of carbonyl (C=O) groups is 1. The van der Waals surface area contributed by atoms with Crippen molar-refractivity contribution in [3.05, 3.63) is 36.1 Å². The van der Waals surface area contributed by atoms with Crippen LogP contribution in [-0.2, 0) is 14.4 Å². The molecule has 1 aliphatic rings. The van der Waals surface area contributed by atoms with E-state index in [2.05, 4.69) is 9.57 Å². The average molecular weight is 232 g/mol. The summed E-state index contributed by atoms with van der Waals surface area (Å²) in [6, 6.07) is 0. The number of halogens is 1. The number of allylic oxidation sites excluding steroid dienone is 5. The Bertz CT molecular complexity index is 297. The first-order valence-electron chi connectivity index (χ1n) is 4.25. The Morgan fingerprint density at radius 1 is 1.60 bits per heavy atom. The van der Waals surface area contributed by atoms with Crippen molar-refractivity contribution < 1.29 is 14.4 Å². The lowest BCUT2D eigenvalue weighted by molar-refractivity contribution is -0.141. The molecule has 0 saturated carbocycles. The zero-order valence-electron chi connectivity index (χ0n) is 8.38. The van der Waals surface area contributed by atoms with E-state index in [0.717, 1.165) is 5.57 Å². The van der Waals surface area contributed by atoms with E-state index in [1.165, 1.54) is 13.4 Å². The molecule has 0 bridgehead atoms. The molecular weight excluding hydrogens is 218 g/mol. The van der Waals surface area contributed by atoms with E-state index in [1.807, 2.05) is 24.3 Å². The summed E-state index contributed by atoms with van der Waals surface area (Å²) in [5.41, 5.74) is 0.861. The summed E-state index contributed by atoms with van der Waals surface area (Å²) in [5.74, 6) is 4.66. The van der Waals surface area contributed by atoms with Gasteiger partial charge in [-0.05, 0) is 5.57 Å². The van der Waals surface area contributed by atoms with Gasteiger partial charge in [0.05, 0.1) is 13.5 Å². The summed E-state index contributed by atoms with van der Waals surface area (Å²) < 4.78 is 4.58. The van der Waals surface area contributed by atoms with Crippen LogP contribution in [-0.4, -0.2) is 13.1 Å². The molecule has 2 N–H and O–H groups in total. The van der Waals surface area contributed by atoms with Crippen LogP contribution in [0.3, 0.4) is 0 Å². The minimum Gasteiger partial charge on any atom is -0.469 e. The number of rotatable bonds is 3.